The van der Waals surface area contributed by atoms with E-state index in [4.69, 9.17) is 0 Å². The van der Waals surface area contributed by atoms with E-state index in [1.54, 1.807) is 6.92 Å². The molecule has 0 heterocycles. The molecule has 1 nitrogen and oxygen atoms in total. The Bertz CT molecular complexity index is 434. The molecule has 1 aliphatic rings. The normalized spacial score (nSPS) is 17.1. The van der Waals surface area contributed by atoms with Crippen LogP contribution in [0.2, 0.25) is 0 Å². The minimum absolute atomic E-state index is 0.199. The highest BCUT2D eigenvalue weighted by Gasteiger charge is 2.27. The third kappa shape index (κ3) is 2.38. The molecule has 0 amide bonds. The number of aryl methyl sites for hydroxylation is 1. The number of rotatable bonds is 2. The number of ketones is 1. The average Bonchev–Trinajstić information content (AvgIpc) is 2.35. The van der Waals surface area contributed by atoms with Crippen molar-refractivity contribution in [2.75, 3.05) is 0 Å². The molecule has 0 N–H and O–H groups in total. The lowest BCUT2D eigenvalue weighted by Crippen LogP contribution is -2.20. The molecule has 0 radical (unpaired) electrons. The Hall–Kier alpha value is -1.25. The maximum atomic E-state index is 13.8. The molecule has 0 aliphatic heterocycles. The zero-order valence-electron chi connectivity index (χ0n) is 9.93. The summed E-state index contributed by atoms with van der Waals surface area (Å²) in [6.45, 7) is 1.55. The summed E-state index contributed by atoms with van der Waals surface area (Å²) in [5.41, 5.74) is -0.0116. The fourth-order valence-corrected chi connectivity index (χ4v) is 2.45. The van der Waals surface area contributed by atoms with Gasteiger partial charge < -0.3 is 0 Å². The zero-order valence-corrected chi connectivity index (χ0v) is 9.93. The van der Waals surface area contributed by atoms with Gasteiger partial charge in [-0.1, -0.05) is 25.3 Å². The number of benzene rings is 1. The third-order valence-electron chi connectivity index (χ3n) is 3.51. The van der Waals surface area contributed by atoms with E-state index in [0.717, 1.165) is 32.1 Å². The molecule has 1 saturated carbocycles. The van der Waals surface area contributed by atoms with Crippen molar-refractivity contribution in [1.29, 1.82) is 0 Å². The van der Waals surface area contributed by atoms with Crippen LogP contribution in [0, 0.1) is 24.5 Å². The predicted molar refractivity (Wildman–Crippen MR) is 62.0 cm³/mol. The van der Waals surface area contributed by atoms with Gasteiger partial charge in [0.1, 0.15) is 11.6 Å². The minimum atomic E-state index is -0.733. The topological polar surface area (TPSA) is 17.1 Å². The second-order valence-corrected chi connectivity index (χ2v) is 4.75. The molecular formula is C14H16F2O. The molecule has 17 heavy (non-hydrogen) atoms. The standard InChI is InChI=1S/C14H16F2O/c1-9-7-8-11(15)12(13(9)16)14(17)10-5-3-2-4-6-10/h7-8,10H,2-6H2,1H3. The molecule has 1 aliphatic carbocycles. The molecule has 0 spiro atoms. The van der Waals surface area contributed by atoms with E-state index in [1.165, 1.54) is 12.1 Å². The lowest BCUT2D eigenvalue weighted by Gasteiger charge is -2.20. The highest BCUT2D eigenvalue weighted by atomic mass is 19.1. The molecule has 0 bridgehead atoms. The van der Waals surface area contributed by atoms with Gasteiger partial charge in [0.2, 0.25) is 0 Å². The Morgan fingerprint density at radius 1 is 1.18 bits per heavy atom. The first-order chi connectivity index (χ1) is 8.11. The van der Waals surface area contributed by atoms with Gasteiger partial charge in [0.05, 0.1) is 5.56 Å². The fourth-order valence-electron chi connectivity index (χ4n) is 2.45. The number of carbonyl (C=O) groups excluding carboxylic acids is 1. The van der Waals surface area contributed by atoms with Crippen molar-refractivity contribution < 1.29 is 13.6 Å². The van der Waals surface area contributed by atoms with Crippen LogP contribution in [0.1, 0.15) is 48.0 Å². The van der Waals surface area contributed by atoms with E-state index in [0.29, 0.717) is 5.56 Å². The second-order valence-electron chi connectivity index (χ2n) is 4.75. The Morgan fingerprint density at radius 2 is 1.82 bits per heavy atom. The summed E-state index contributed by atoms with van der Waals surface area (Å²) >= 11 is 0. The van der Waals surface area contributed by atoms with Gasteiger partial charge in [0.25, 0.3) is 0 Å². The summed E-state index contributed by atoms with van der Waals surface area (Å²) in [4.78, 5) is 12.1. The number of hydrogen-bond donors (Lipinski definition) is 0. The molecule has 1 fully saturated rings. The first kappa shape index (κ1) is 12.2. The van der Waals surface area contributed by atoms with Crippen LogP contribution in [0.3, 0.4) is 0 Å². The summed E-state index contributed by atoms with van der Waals surface area (Å²) in [7, 11) is 0. The maximum Gasteiger partial charge on any atom is 0.171 e. The largest absolute Gasteiger partial charge is 0.294 e. The van der Waals surface area contributed by atoms with Crippen molar-refractivity contribution in [2.45, 2.75) is 39.0 Å². The molecule has 0 atom stereocenters. The predicted octanol–water partition coefficient (Wildman–Crippen LogP) is 4.04. The van der Waals surface area contributed by atoms with Gasteiger partial charge in [0, 0.05) is 5.92 Å². The van der Waals surface area contributed by atoms with Crippen LogP contribution in [0.15, 0.2) is 12.1 Å². The summed E-state index contributed by atoms with van der Waals surface area (Å²) in [5.74, 6) is -1.98. The van der Waals surface area contributed by atoms with Crippen molar-refractivity contribution in [3.8, 4) is 0 Å². The van der Waals surface area contributed by atoms with Crippen LogP contribution >= 0.6 is 0 Å². The van der Waals surface area contributed by atoms with E-state index in [-0.39, 0.29) is 17.3 Å². The van der Waals surface area contributed by atoms with Crippen molar-refractivity contribution in [2.24, 2.45) is 5.92 Å². The van der Waals surface area contributed by atoms with E-state index in [1.807, 2.05) is 0 Å². The third-order valence-corrected chi connectivity index (χ3v) is 3.51. The van der Waals surface area contributed by atoms with E-state index in [9.17, 15) is 13.6 Å². The Labute approximate surface area is 99.8 Å². The highest BCUT2D eigenvalue weighted by Crippen LogP contribution is 2.29. The molecule has 0 unspecified atom stereocenters. The Morgan fingerprint density at radius 3 is 2.47 bits per heavy atom. The monoisotopic (exact) mass is 238 g/mol. The van der Waals surface area contributed by atoms with Crippen molar-refractivity contribution in [3.63, 3.8) is 0 Å². The zero-order chi connectivity index (χ0) is 12.4. The number of Topliss-reactive ketones (excluding diaryl/α,β-unsaturated/α-hetero) is 1. The van der Waals surface area contributed by atoms with E-state index in [2.05, 4.69) is 0 Å². The smallest absolute Gasteiger partial charge is 0.171 e. The molecule has 0 aromatic heterocycles. The van der Waals surface area contributed by atoms with Gasteiger partial charge in [-0.3, -0.25) is 4.79 Å². The number of hydrogen-bond acceptors (Lipinski definition) is 1. The van der Waals surface area contributed by atoms with Crippen LogP contribution < -0.4 is 0 Å². The average molecular weight is 238 g/mol. The summed E-state index contributed by atoms with van der Waals surface area (Å²) in [6.07, 6.45) is 4.58. The number of halogens is 2. The first-order valence-electron chi connectivity index (χ1n) is 6.10. The molecule has 0 saturated heterocycles. The van der Waals surface area contributed by atoms with Crippen molar-refractivity contribution >= 4 is 5.78 Å². The van der Waals surface area contributed by atoms with Crippen molar-refractivity contribution in [3.05, 3.63) is 34.9 Å². The van der Waals surface area contributed by atoms with Crippen LogP contribution in [-0.4, -0.2) is 5.78 Å². The molecule has 1 aromatic rings. The fraction of sp³-hybridized carbons (Fsp3) is 0.500. The van der Waals surface area contributed by atoms with Crippen LogP contribution in [0.5, 0.6) is 0 Å². The quantitative estimate of drug-likeness (QED) is 0.711. The van der Waals surface area contributed by atoms with Crippen LogP contribution in [-0.2, 0) is 0 Å². The van der Waals surface area contributed by atoms with Gasteiger partial charge in [-0.25, -0.2) is 8.78 Å². The van der Waals surface area contributed by atoms with E-state index < -0.39 is 11.6 Å². The SMILES string of the molecule is Cc1ccc(F)c(C(=O)C2CCCCC2)c1F. The number of carbonyl (C=O) groups is 1. The molecule has 1 aromatic carbocycles. The van der Waals surface area contributed by atoms with Gasteiger partial charge >= 0.3 is 0 Å². The van der Waals surface area contributed by atoms with E-state index >= 15 is 0 Å². The maximum absolute atomic E-state index is 13.8. The van der Waals surface area contributed by atoms with Gasteiger partial charge in [-0.15, -0.1) is 0 Å². The summed E-state index contributed by atoms with van der Waals surface area (Å²) < 4.78 is 27.4. The van der Waals surface area contributed by atoms with Crippen molar-refractivity contribution in [1.82, 2.24) is 0 Å². The second kappa shape index (κ2) is 4.94. The Balaban J connectivity index is 2.32. The molecular weight excluding hydrogens is 222 g/mol. The lowest BCUT2D eigenvalue weighted by atomic mass is 9.83. The van der Waals surface area contributed by atoms with Gasteiger partial charge in [-0.05, 0) is 31.4 Å². The molecule has 3 heteroatoms. The summed E-state index contributed by atoms with van der Waals surface area (Å²) in [6, 6.07) is 2.54. The van der Waals surface area contributed by atoms with Crippen LogP contribution in [0.4, 0.5) is 8.78 Å². The van der Waals surface area contributed by atoms with Gasteiger partial charge in [0.15, 0.2) is 5.78 Å². The first-order valence-corrected chi connectivity index (χ1v) is 6.10. The molecule has 92 valence electrons. The lowest BCUT2D eigenvalue weighted by molar-refractivity contribution is 0.0880. The summed E-state index contributed by atoms with van der Waals surface area (Å²) in [5, 5.41) is 0. The van der Waals surface area contributed by atoms with Crippen LogP contribution in [0.25, 0.3) is 0 Å². The Kier molecular flexibility index (Phi) is 3.55. The highest BCUT2D eigenvalue weighted by molar-refractivity contribution is 5.98. The minimum Gasteiger partial charge on any atom is -0.294 e. The molecule has 2 rings (SSSR count). The van der Waals surface area contributed by atoms with Gasteiger partial charge in [-0.2, -0.15) is 0 Å².